The first kappa shape index (κ1) is 47.5. The first-order valence-electron chi connectivity index (χ1n) is 19.8. The second kappa shape index (κ2) is 22.6. The van der Waals surface area contributed by atoms with E-state index in [1.807, 2.05) is 4.90 Å². The van der Waals surface area contributed by atoms with E-state index in [2.05, 4.69) is 46.0 Å². The van der Waals surface area contributed by atoms with Gasteiger partial charge in [0, 0.05) is 19.5 Å². The van der Waals surface area contributed by atoms with Crippen LogP contribution in [0.25, 0.3) is 0 Å². The summed E-state index contributed by atoms with van der Waals surface area (Å²) in [6.45, 7) is 16.8. The second-order valence-corrected chi connectivity index (χ2v) is 16.9. The summed E-state index contributed by atoms with van der Waals surface area (Å²) in [4.78, 5) is 28.0. The average Bonchev–Trinajstić information content (AvgIpc) is 3.39. The Morgan fingerprint density at radius 2 is 1.58 bits per heavy atom. The molecule has 0 aromatic heterocycles. The molecule has 0 radical (unpaired) electrons. The van der Waals surface area contributed by atoms with Crippen molar-refractivity contribution in [3.8, 4) is 0 Å². The number of carbonyl (C=O) groups excluding carboxylic acids is 2. The maximum absolute atomic E-state index is 13.1. The van der Waals surface area contributed by atoms with Gasteiger partial charge in [0.1, 0.15) is 12.5 Å². The highest BCUT2D eigenvalue weighted by molar-refractivity contribution is 5.94. The van der Waals surface area contributed by atoms with Crippen molar-refractivity contribution >= 4 is 49.1 Å². The van der Waals surface area contributed by atoms with Crippen molar-refractivity contribution in [3.05, 3.63) is 11.6 Å². The largest absolute Gasteiger partial charge is 0.462 e. The van der Waals surface area contributed by atoms with E-state index in [9.17, 15) is 9.59 Å². The van der Waals surface area contributed by atoms with Crippen LogP contribution >= 0.6 is 37.2 Å². The summed E-state index contributed by atoms with van der Waals surface area (Å²) in [6, 6.07) is 0. The van der Waals surface area contributed by atoms with Crippen molar-refractivity contribution < 1.29 is 14.3 Å². The summed E-state index contributed by atoms with van der Waals surface area (Å²) in [6.07, 6.45) is 19.6. The molecule has 0 saturated heterocycles. The lowest BCUT2D eigenvalue weighted by molar-refractivity contribution is -0.155. The lowest BCUT2D eigenvalue weighted by Crippen LogP contribution is -2.51. The summed E-state index contributed by atoms with van der Waals surface area (Å²) < 4.78 is 6.03. The van der Waals surface area contributed by atoms with Crippen LogP contribution in [0.15, 0.2) is 11.6 Å². The van der Waals surface area contributed by atoms with E-state index in [0.29, 0.717) is 31.6 Å². The predicted molar refractivity (Wildman–Crippen MR) is 215 cm³/mol. The van der Waals surface area contributed by atoms with Gasteiger partial charge in [-0.1, -0.05) is 65.5 Å². The van der Waals surface area contributed by atoms with Crippen molar-refractivity contribution in [1.29, 1.82) is 0 Å². The van der Waals surface area contributed by atoms with E-state index >= 15 is 0 Å². The summed E-state index contributed by atoms with van der Waals surface area (Å²) in [5, 5.41) is 3.39. The summed E-state index contributed by atoms with van der Waals surface area (Å²) in [5.74, 6) is 4.43. The van der Waals surface area contributed by atoms with Gasteiger partial charge in [-0.05, 0) is 143 Å². The number of rotatable bonds is 19. The maximum Gasteiger partial charge on any atom is 0.315 e. The number of fused-ring (bicyclic) bond motifs is 5. The highest BCUT2D eigenvalue weighted by Gasteiger charge is 2.59. The van der Waals surface area contributed by atoms with Crippen LogP contribution in [0.1, 0.15) is 137 Å². The van der Waals surface area contributed by atoms with Crippen LogP contribution < -0.4 is 16.8 Å². The van der Waals surface area contributed by atoms with Gasteiger partial charge in [-0.2, -0.15) is 0 Å². The quantitative estimate of drug-likeness (QED) is 0.0527. The number of nitrogens with two attached hydrogens (primary N) is 2. The van der Waals surface area contributed by atoms with E-state index in [1.165, 1.54) is 56.9 Å². The Hall–Kier alpha value is -0.570. The highest BCUT2D eigenvalue weighted by atomic mass is 35.5. The average molecular weight is 766 g/mol. The summed E-state index contributed by atoms with van der Waals surface area (Å²) >= 11 is 0. The van der Waals surface area contributed by atoms with Crippen molar-refractivity contribution in [1.82, 2.24) is 10.2 Å². The number of amides is 1. The molecule has 0 aromatic carbocycles. The van der Waals surface area contributed by atoms with Crippen molar-refractivity contribution in [3.63, 3.8) is 0 Å². The standard InChI is InChI=1S/C40H72N4O3.3ClH/c1-29(2)11-8-12-30(3)34-15-16-35-33-14-13-31-27-32(17-19-39(31,4)36(33)18-20-40(34,35)5)47-38(46)28-37(45)44(26-10-22-42)25-7-6-23-43-24-9-21-41;;;/h13,29-30,32-36,43H,6-12,14-28,41-42H2,1-5H3;3*1H/t30?,32-,33-,34+,35-,36-,39-,40+;;;/m0.../s1. The van der Waals surface area contributed by atoms with E-state index in [1.54, 1.807) is 0 Å². The molecule has 8 atom stereocenters. The Morgan fingerprint density at radius 1 is 0.880 bits per heavy atom. The molecule has 4 rings (SSSR count). The molecule has 0 bridgehead atoms. The third-order valence-electron chi connectivity index (χ3n) is 13.4. The molecule has 1 unspecified atom stereocenters. The van der Waals surface area contributed by atoms with Crippen LogP contribution in [-0.4, -0.2) is 62.1 Å². The van der Waals surface area contributed by atoms with Gasteiger partial charge in [0.2, 0.25) is 5.91 Å². The summed E-state index contributed by atoms with van der Waals surface area (Å²) in [7, 11) is 0. The molecule has 3 saturated carbocycles. The van der Waals surface area contributed by atoms with E-state index in [-0.39, 0.29) is 67.0 Å². The fourth-order valence-corrected chi connectivity index (χ4v) is 10.8. The Bertz CT molecular complexity index is 1050. The number of ether oxygens (including phenoxy) is 1. The van der Waals surface area contributed by atoms with Gasteiger partial charge in [0.25, 0.3) is 0 Å². The van der Waals surface area contributed by atoms with Crippen LogP contribution in [-0.2, 0) is 14.3 Å². The molecular weight excluding hydrogens is 691 g/mol. The highest BCUT2D eigenvalue weighted by Crippen LogP contribution is 2.67. The number of hydrogen-bond donors (Lipinski definition) is 3. The Morgan fingerprint density at radius 3 is 2.28 bits per heavy atom. The van der Waals surface area contributed by atoms with Gasteiger partial charge in [0.05, 0.1) is 0 Å². The molecule has 7 nitrogen and oxygen atoms in total. The normalized spacial score (nSPS) is 30.3. The fraction of sp³-hybridized carbons (Fsp3) is 0.900. The zero-order valence-corrected chi connectivity index (χ0v) is 34.7. The lowest BCUT2D eigenvalue weighted by Gasteiger charge is -2.58. The van der Waals surface area contributed by atoms with Crippen LogP contribution in [0.3, 0.4) is 0 Å². The first-order valence-corrected chi connectivity index (χ1v) is 19.8. The number of nitrogens with one attached hydrogen (secondary N) is 1. The number of hydrogen-bond acceptors (Lipinski definition) is 6. The van der Waals surface area contributed by atoms with Crippen LogP contribution in [0.2, 0.25) is 0 Å². The molecule has 0 heterocycles. The van der Waals surface area contributed by atoms with Gasteiger partial charge >= 0.3 is 5.97 Å². The fourth-order valence-electron chi connectivity index (χ4n) is 10.8. The molecule has 0 aromatic rings. The smallest absolute Gasteiger partial charge is 0.315 e. The number of esters is 1. The molecule has 294 valence electrons. The van der Waals surface area contributed by atoms with E-state index in [4.69, 9.17) is 16.2 Å². The van der Waals surface area contributed by atoms with Gasteiger partial charge in [-0.25, -0.2) is 0 Å². The number of halogens is 3. The monoisotopic (exact) mass is 764 g/mol. The second-order valence-electron chi connectivity index (χ2n) is 16.9. The van der Waals surface area contributed by atoms with Crippen LogP contribution in [0.5, 0.6) is 0 Å². The number of allylic oxidation sites excluding steroid dienone is 1. The minimum absolute atomic E-state index is 0. The maximum atomic E-state index is 13.1. The number of unbranched alkanes of at least 4 members (excludes halogenated alkanes) is 1. The number of carbonyl (C=O) groups is 2. The minimum Gasteiger partial charge on any atom is -0.462 e. The van der Waals surface area contributed by atoms with Crippen molar-refractivity contribution in [2.24, 2.45) is 57.8 Å². The van der Waals surface area contributed by atoms with Gasteiger partial charge in [-0.3, -0.25) is 9.59 Å². The molecule has 0 spiro atoms. The van der Waals surface area contributed by atoms with Gasteiger partial charge < -0.3 is 26.4 Å². The molecule has 50 heavy (non-hydrogen) atoms. The SMILES string of the molecule is CC(C)CCCC(C)[C@H]1CC[C@H]2[C@@H]3CC=C4C[C@@H](OC(=O)CC(=O)N(CCCN)CCCCNCCCN)CC[C@]4(C)[C@H]3CC[C@]12C.Cl.Cl.Cl. The lowest BCUT2D eigenvalue weighted by atomic mass is 9.47. The molecule has 4 aliphatic rings. The van der Waals surface area contributed by atoms with Gasteiger partial charge in [0.15, 0.2) is 0 Å². The molecule has 1 amide bonds. The zero-order chi connectivity index (χ0) is 34.0. The molecule has 10 heteroatoms. The third-order valence-corrected chi connectivity index (χ3v) is 13.4. The van der Waals surface area contributed by atoms with Crippen LogP contribution in [0.4, 0.5) is 0 Å². The molecule has 4 aliphatic carbocycles. The predicted octanol–water partition coefficient (Wildman–Crippen LogP) is 8.49. The molecular formula is C40H75Cl3N4O3. The van der Waals surface area contributed by atoms with Gasteiger partial charge in [-0.15, -0.1) is 37.2 Å². The van der Waals surface area contributed by atoms with Crippen molar-refractivity contribution in [2.45, 2.75) is 143 Å². The Labute approximate surface area is 324 Å². The zero-order valence-electron chi connectivity index (χ0n) is 32.2. The Balaban J connectivity index is 0.00000417. The Kier molecular flexibility index (Phi) is 21.4. The minimum atomic E-state index is -0.368. The van der Waals surface area contributed by atoms with Crippen molar-refractivity contribution in [2.75, 3.05) is 39.3 Å². The van der Waals surface area contributed by atoms with Crippen LogP contribution in [0, 0.1) is 46.3 Å². The van der Waals surface area contributed by atoms with E-state index in [0.717, 1.165) is 93.5 Å². The number of nitrogens with zero attached hydrogens (tertiary/aromatic N) is 1. The topological polar surface area (TPSA) is 111 Å². The third kappa shape index (κ3) is 12.0. The molecule has 5 N–H and O–H groups in total. The molecule has 0 aliphatic heterocycles. The summed E-state index contributed by atoms with van der Waals surface area (Å²) in [5.41, 5.74) is 13.6. The van der Waals surface area contributed by atoms with E-state index < -0.39 is 0 Å². The first-order chi connectivity index (χ1) is 22.5. The molecule has 3 fully saturated rings.